The lowest BCUT2D eigenvalue weighted by Gasteiger charge is -2.42. The molecule has 0 bridgehead atoms. The summed E-state index contributed by atoms with van der Waals surface area (Å²) >= 11 is 0. The van der Waals surface area contributed by atoms with Crippen LogP contribution < -0.4 is 4.74 Å². The van der Waals surface area contributed by atoms with Crippen LogP contribution in [0, 0.1) is 5.92 Å². The SMILES string of the molecule is CC(C)(C)c1ccc(OCC2CCN(C(=O)C3(c4ccccc4)CCOCC3)CC2)nn1. The Balaban J connectivity index is 1.33. The summed E-state index contributed by atoms with van der Waals surface area (Å²) in [5.41, 5.74) is 1.60. The molecule has 0 aliphatic carbocycles. The van der Waals surface area contributed by atoms with Crippen molar-refractivity contribution in [3.63, 3.8) is 0 Å². The molecule has 2 saturated heterocycles. The van der Waals surface area contributed by atoms with Gasteiger partial charge in [0.2, 0.25) is 11.8 Å². The molecule has 6 nitrogen and oxygen atoms in total. The monoisotopic (exact) mass is 437 g/mol. The van der Waals surface area contributed by atoms with Gasteiger partial charge >= 0.3 is 0 Å². The minimum absolute atomic E-state index is 0.0214. The highest BCUT2D eigenvalue weighted by molar-refractivity contribution is 5.88. The Kier molecular flexibility index (Phi) is 6.79. The zero-order chi connectivity index (χ0) is 22.6. The molecule has 1 amide bonds. The quantitative estimate of drug-likeness (QED) is 0.703. The van der Waals surface area contributed by atoms with E-state index in [0.29, 0.717) is 31.6 Å². The molecule has 2 aliphatic heterocycles. The smallest absolute Gasteiger partial charge is 0.233 e. The normalized spacial score (nSPS) is 19.5. The number of hydrogen-bond donors (Lipinski definition) is 0. The second-order valence-electron chi connectivity index (χ2n) is 10.1. The third-order valence-corrected chi connectivity index (χ3v) is 6.86. The van der Waals surface area contributed by atoms with Gasteiger partial charge in [0.05, 0.1) is 17.7 Å². The van der Waals surface area contributed by atoms with Crippen LogP contribution in [0.15, 0.2) is 42.5 Å². The van der Waals surface area contributed by atoms with Crippen LogP contribution in [0.2, 0.25) is 0 Å². The molecule has 32 heavy (non-hydrogen) atoms. The summed E-state index contributed by atoms with van der Waals surface area (Å²) in [6.07, 6.45) is 3.39. The van der Waals surface area contributed by atoms with Crippen molar-refractivity contribution in [2.75, 3.05) is 32.9 Å². The molecular weight excluding hydrogens is 402 g/mol. The highest BCUT2D eigenvalue weighted by atomic mass is 16.5. The largest absolute Gasteiger partial charge is 0.476 e. The number of likely N-dealkylation sites (tertiary alicyclic amines) is 1. The van der Waals surface area contributed by atoms with Gasteiger partial charge in [-0.05, 0) is 43.2 Å². The second-order valence-corrected chi connectivity index (χ2v) is 10.1. The minimum atomic E-state index is -0.451. The first kappa shape index (κ1) is 22.7. The van der Waals surface area contributed by atoms with Crippen LogP contribution in [0.4, 0.5) is 0 Å². The van der Waals surface area contributed by atoms with E-state index in [2.05, 4.69) is 48.0 Å². The van der Waals surface area contributed by atoms with Crippen LogP contribution >= 0.6 is 0 Å². The third-order valence-electron chi connectivity index (χ3n) is 6.86. The van der Waals surface area contributed by atoms with Crippen LogP contribution in [-0.4, -0.2) is 53.9 Å². The lowest BCUT2D eigenvalue weighted by molar-refractivity contribution is -0.143. The Bertz CT molecular complexity index is 879. The molecule has 2 aliphatic rings. The van der Waals surface area contributed by atoms with Gasteiger partial charge in [0.25, 0.3) is 0 Å². The highest BCUT2D eigenvalue weighted by Gasteiger charge is 2.44. The Morgan fingerprint density at radius 1 is 1.06 bits per heavy atom. The zero-order valence-corrected chi connectivity index (χ0v) is 19.5. The first-order chi connectivity index (χ1) is 15.4. The maximum Gasteiger partial charge on any atom is 0.233 e. The molecule has 0 N–H and O–H groups in total. The summed E-state index contributed by atoms with van der Waals surface area (Å²) in [4.78, 5) is 15.8. The van der Waals surface area contributed by atoms with E-state index < -0.39 is 5.41 Å². The molecular formula is C26H35N3O3. The average Bonchev–Trinajstić information content (AvgIpc) is 2.83. The van der Waals surface area contributed by atoms with Crippen molar-refractivity contribution in [1.29, 1.82) is 0 Å². The summed E-state index contributed by atoms with van der Waals surface area (Å²) < 4.78 is 11.5. The van der Waals surface area contributed by atoms with Gasteiger partial charge in [-0.25, -0.2) is 0 Å². The van der Waals surface area contributed by atoms with E-state index in [0.717, 1.165) is 50.0 Å². The van der Waals surface area contributed by atoms with E-state index in [-0.39, 0.29) is 11.3 Å². The number of hydrogen-bond acceptors (Lipinski definition) is 5. The van der Waals surface area contributed by atoms with Crippen molar-refractivity contribution >= 4 is 5.91 Å². The topological polar surface area (TPSA) is 64.5 Å². The molecule has 172 valence electrons. The number of aromatic nitrogens is 2. The number of ether oxygens (including phenoxy) is 2. The summed E-state index contributed by atoms with van der Waals surface area (Å²) in [7, 11) is 0. The van der Waals surface area contributed by atoms with Crippen LogP contribution in [0.5, 0.6) is 5.88 Å². The number of carbonyl (C=O) groups is 1. The Labute approximate surface area is 191 Å². The number of benzene rings is 1. The summed E-state index contributed by atoms with van der Waals surface area (Å²) in [6.45, 7) is 9.80. The molecule has 6 heteroatoms. The Hall–Kier alpha value is -2.47. The molecule has 0 radical (unpaired) electrons. The Morgan fingerprint density at radius 3 is 2.34 bits per heavy atom. The van der Waals surface area contributed by atoms with Gasteiger partial charge in [0, 0.05) is 37.8 Å². The van der Waals surface area contributed by atoms with Gasteiger partial charge in [0.15, 0.2) is 0 Å². The summed E-state index contributed by atoms with van der Waals surface area (Å²) in [6, 6.07) is 14.1. The molecule has 3 heterocycles. The molecule has 0 atom stereocenters. The molecule has 0 spiro atoms. The second kappa shape index (κ2) is 9.57. The zero-order valence-electron chi connectivity index (χ0n) is 19.5. The third kappa shape index (κ3) is 4.96. The van der Waals surface area contributed by atoms with Crippen molar-refractivity contribution in [2.24, 2.45) is 5.92 Å². The van der Waals surface area contributed by atoms with Crippen molar-refractivity contribution in [3.8, 4) is 5.88 Å². The van der Waals surface area contributed by atoms with Gasteiger partial charge in [-0.3, -0.25) is 4.79 Å². The van der Waals surface area contributed by atoms with Gasteiger partial charge in [-0.2, -0.15) is 5.10 Å². The number of piperidine rings is 1. The van der Waals surface area contributed by atoms with Crippen LogP contribution in [0.25, 0.3) is 0 Å². The summed E-state index contributed by atoms with van der Waals surface area (Å²) in [5, 5.41) is 8.53. The maximum atomic E-state index is 13.7. The van der Waals surface area contributed by atoms with Gasteiger partial charge in [0.1, 0.15) is 0 Å². The van der Waals surface area contributed by atoms with E-state index in [1.807, 2.05) is 30.3 Å². The lowest BCUT2D eigenvalue weighted by Crippen LogP contribution is -2.52. The fraction of sp³-hybridized carbons (Fsp3) is 0.577. The van der Waals surface area contributed by atoms with Crippen LogP contribution in [0.1, 0.15) is 57.7 Å². The number of rotatable bonds is 5. The van der Waals surface area contributed by atoms with Crippen LogP contribution in [-0.2, 0) is 20.4 Å². The van der Waals surface area contributed by atoms with Crippen molar-refractivity contribution in [2.45, 2.75) is 57.3 Å². The molecule has 1 aromatic heterocycles. The standard InChI is InChI=1S/C26H35N3O3/c1-25(2,3)22-9-10-23(28-27-22)32-19-20-11-15-29(16-12-20)24(30)26(13-17-31-18-14-26)21-7-5-4-6-8-21/h4-10,20H,11-19H2,1-3H3. The van der Waals surface area contributed by atoms with E-state index in [4.69, 9.17) is 9.47 Å². The van der Waals surface area contributed by atoms with E-state index in [9.17, 15) is 4.79 Å². The first-order valence-electron chi connectivity index (χ1n) is 11.8. The predicted octanol–water partition coefficient (Wildman–Crippen LogP) is 4.14. The average molecular weight is 438 g/mol. The van der Waals surface area contributed by atoms with Gasteiger partial charge in [-0.1, -0.05) is 51.1 Å². The summed E-state index contributed by atoms with van der Waals surface area (Å²) in [5.74, 6) is 1.25. The van der Waals surface area contributed by atoms with E-state index in [1.165, 1.54) is 0 Å². The fourth-order valence-corrected chi connectivity index (χ4v) is 4.71. The maximum absolute atomic E-state index is 13.7. The minimum Gasteiger partial charge on any atom is -0.476 e. The number of carbonyl (C=O) groups excluding carboxylic acids is 1. The Morgan fingerprint density at radius 2 is 1.75 bits per heavy atom. The van der Waals surface area contributed by atoms with Crippen molar-refractivity contribution in [3.05, 3.63) is 53.7 Å². The van der Waals surface area contributed by atoms with Crippen molar-refractivity contribution in [1.82, 2.24) is 15.1 Å². The van der Waals surface area contributed by atoms with E-state index in [1.54, 1.807) is 0 Å². The number of nitrogens with zero attached hydrogens (tertiary/aromatic N) is 3. The van der Waals surface area contributed by atoms with Crippen molar-refractivity contribution < 1.29 is 14.3 Å². The van der Waals surface area contributed by atoms with Gasteiger partial charge < -0.3 is 14.4 Å². The molecule has 0 unspecified atom stereocenters. The molecule has 1 aromatic carbocycles. The lowest BCUT2D eigenvalue weighted by atomic mass is 9.72. The first-order valence-corrected chi connectivity index (χ1v) is 11.8. The highest BCUT2D eigenvalue weighted by Crippen LogP contribution is 2.37. The fourth-order valence-electron chi connectivity index (χ4n) is 4.71. The predicted molar refractivity (Wildman–Crippen MR) is 124 cm³/mol. The van der Waals surface area contributed by atoms with E-state index >= 15 is 0 Å². The molecule has 0 saturated carbocycles. The van der Waals surface area contributed by atoms with Crippen LogP contribution in [0.3, 0.4) is 0 Å². The van der Waals surface area contributed by atoms with Gasteiger partial charge in [-0.15, -0.1) is 5.10 Å². The molecule has 2 aromatic rings. The molecule has 2 fully saturated rings. The number of amides is 1. The molecule has 4 rings (SSSR count).